The number of benzene rings is 1. The number of amides is 1. The van der Waals surface area contributed by atoms with Crippen LogP contribution in [-0.4, -0.2) is 25.7 Å². The average molecular weight is 264 g/mol. The molecule has 0 aliphatic carbocycles. The van der Waals surface area contributed by atoms with Crippen LogP contribution in [0.5, 0.6) is 0 Å². The molecule has 0 saturated heterocycles. The van der Waals surface area contributed by atoms with Gasteiger partial charge in [0, 0.05) is 31.8 Å². The molecule has 19 heavy (non-hydrogen) atoms. The van der Waals surface area contributed by atoms with Gasteiger partial charge in [-0.15, -0.1) is 0 Å². The van der Waals surface area contributed by atoms with Gasteiger partial charge in [0.2, 0.25) is 5.91 Å². The maximum absolute atomic E-state index is 11.0. The van der Waals surface area contributed by atoms with Gasteiger partial charge in [-0.3, -0.25) is 4.79 Å². The Labute approximate surface area is 115 Å². The maximum Gasteiger partial charge on any atom is 0.221 e. The summed E-state index contributed by atoms with van der Waals surface area (Å²) < 4.78 is 5.43. The molecule has 1 atom stereocenters. The van der Waals surface area contributed by atoms with E-state index in [-0.39, 0.29) is 11.9 Å². The van der Waals surface area contributed by atoms with E-state index in [0.717, 1.165) is 37.4 Å². The zero-order valence-electron chi connectivity index (χ0n) is 12.0. The van der Waals surface area contributed by atoms with E-state index in [9.17, 15) is 4.79 Å². The molecule has 1 aromatic carbocycles. The molecule has 0 aliphatic heterocycles. The first-order valence-electron chi connectivity index (χ1n) is 6.82. The molecule has 0 saturated carbocycles. The Morgan fingerprint density at radius 2 is 2.16 bits per heavy atom. The molecule has 0 bridgehead atoms. The monoisotopic (exact) mass is 264 g/mol. The lowest BCUT2D eigenvalue weighted by molar-refractivity contribution is -0.114. The number of rotatable bonds is 8. The van der Waals surface area contributed by atoms with Crippen LogP contribution in [0, 0.1) is 0 Å². The van der Waals surface area contributed by atoms with E-state index in [0.29, 0.717) is 0 Å². The average Bonchev–Trinajstić information content (AvgIpc) is 2.38. The van der Waals surface area contributed by atoms with Crippen molar-refractivity contribution >= 4 is 11.6 Å². The molecule has 0 aromatic heterocycles. The van der Waals surface area contributed by atoms with Crippen LogP contribution in [0.2, 0.25) is 0 Å². The van der Waals surface area contributed by atoms with Crippen molar-refractivity contribution in [1.29, 1.82) is 0 Å². The van der Waals surface area contributed by atoms with Crippen molar-refractivity contribution in [2.24, 2.45) is 0 Å². The molecular formula is C15H24N2O2. The standard InChI is InChI=1S/C15H24N2O2/c1-4-9-19-10-8-16-12(2)14-6-5-7-15(11-14)17-13(3)18/h5-7,11-12,16H,4,8-10H2,1-3H3,(H,17,18). The van der Waals surface area contributed by atoms with Gasteiger partial charge in [-0.2, -0.15) is 0 Å². The summed E-state index contributed by atoms with van der Waals surface area (Å²) in [4.78, 5) is 11.0. The Kier molecular flexibility index (Phi) is 7.15. The van der Waals surface area contributed by atoms with Crippen molar-refractivity contribution in [2.45, 2.75) is 33.2 Å². The smallest absolute Gasteiger partial charge is 0.221 e. The molecule has 0 aliphatic rings. The highest BCUT2D eigenvalue weighted by Crippen LogP contribution is 2.17. The van der Waals surface area contributed by atoms with Gasteiger partial charge in [0.1, 0.15) is 0 Å². The fourth-order valence-corrected chi connectivity index (χ4v) is 1.80. The SMILES string of the molecule is CCCOCCNC(C)c1cccc(NC(C)=O)c1. The predicted molar refractivity (Wildman–Crippen MR) is 78.3 cm³/mol. The molecule has 0 radical (unpaired) electrons. The van der Waals surface area contributed by atoms with E-state index >= 15 is 0 Å². The van der Waals surface area contributed by atoms with Gasteiger partial charge in [0.15, 0.2) is 0 Å². The van der Waals surface area contributed by atoms with Crippen LogP contribution in [0.25, 0.3) is 0 Å². The first-order chi connectivity index (χ1) is 9.13. The third-order valence-electron chi connectivity index (χ3n) is 2.75. The van der Waals surface area contributed by atoms with Gasteiger partial charge in [-0.25, -0.2) is 0 Å². The molecule has 0 spiro atoms. The first kappa shape index (κ1) is 15.7. The van der Waals surface area contributed by atoms with E-state index < -0.39 is 0 Å². The van der Waals surface area contributed by atoms with Gasteiger partial charge in [-0.1, -0.05) is 19.1 Å². The summed E-state index contributed by atoms with van der Waals surface area (Å²) in [6.07, 6.45) is 1.05. The van der Waals surface area contributed by atoms with Crippen molar-refractivity contribution < 1.29 is 9.53 Å². The summed E-state index contributed by atoms with van der Waals surface area (Å²) in [6, 6.07) is 8.12. The van der Waals surface area contributed by atoms with Gasteiger partial charge in [0.05, 0.1) is 6.61 Å². The van der Waals surface area contributed by atoms with E-state index in [1.807, 2.05) is 18.2 Å². The van der Waals surface area contributed by atoms with Gasteiger partial charge < -0.3 is 15.4 Å². The summed E-state index contributed by atoms with van der Waals surface area (Å²) in [5, 5.41) is 6.19. The third-order valence-corrected chi connectivity index (χ3v) is 2.75. The number of carbonyl (C=O) groups excluding carboxylic acids is 1. The van der Waals surface area contributed by atoms with Gasteiger partial charge in [0.25, 0.3) is 0 Å². The zero-order valence-corrected chi connectivity index (χ0v) is 12.0. The Balaban J connectivity index is 2.43. The summed E-state index contributed by atoms with van der Waals surface area (Å²) >= 11 is 0. The molecule has 1 unspecified atom stereocenters. The van der Waals surface area contributed by atoms with Crippen molar-refractivity contribution in [3.05, 3.63) is 29.8 Å². The Morgan fingerprint density at radius 1 is 1.37 bits per heavy atom. The molecule has 1 aromatic rings. The topological polar surface area (TPSA) is 50.4 Å². The number of anilines is 1. The molecule has 2 N–H and O–H groups in total. The Morgan fingerprint density at radius 3 is 2.84 bits per heavy atom. The predicted octanol–water partition coefficient (Wildman–Crippen LogP) is 2.72. The minimum absolute atomic E-state index is 0.0503. The largest absolute Gasteiger partial charge is 0.380 e. The van der Waals surface area contributed by atoms with Crippen LogP contribution in [0.1, 0.15) is 38.8 Å². The van der Waals surface area contributed by atoms with Crippen LogP contribution < -0.4 is 10.6 Å². The minimum atomic E-state index is -0.0503. The molecule has 0 heterocycles. The van der Waals surface area contributed by atoms with Crippen molar-refractivity contribution in [2.75, 3.05) is 25.1 Å². The highest BCUT2D eigenvalue weighted by Gasteiger charge is 2.05. The van der Waals surface area contributed by atoms with E-state index in [2.05, 4.69) is 30.5 Å². The molecule has 4 nitrogen and oxygen atoms in total. The summed E-state index contributed by atoms with van der Waals surface area (Å²) in [5.41, 5.74) is 1.99. The highest BCUT2D eigenvalue weighted by atomic mass is 16.5. The number of ether oxygens (including phenoxy) is 1. The maximum atomic E-state index is 11.0. The lowest BCUT2D eigenvalue weighted by Crippen LogP contribution is -2.23. The van der Waals surface area contributed by atoms with Crippen LogP contribution in [-0.2, 0) is 9.53 Å². The lowest BCUT2D eigenvalue weighted by atomic mass is 10.1. The fourth-order valence-electron chi connectivity index (χ4n) is 1.80. The second-order valence-corrected chi connectivity index (χ2v) is 4.59. The molecule has 1 amide bonds. The van der Waals surface area contributed by atoms with Crippen molar-refractivity contribution in [1.82, 2.24) is 5.32 Å². The summed E-state index contributed by atoms with van der Waals surface area (Å²) in [5.74, 6) is -0.0503. The summed E-state index contributed by atoms with van der Waals surface area (Å²) in [7, 11) is 0. The fraction of sp³-hybridized carbons (Fsp3) is 0.533. The number of hydrogen-bond donors (Lipinski definition) is 2. The number of nitrogens with one attached hydrogen (secondary N) is 2. The van der Waals surface area contributed by atoms with Crippen LogP contribution in [0.3, 0.4) is 0 Å². The first-order valence-corrected chi connectivity index (χ1v) is 6.82. The Hall–Kier alpha value is -1.39. The normalized spacial score (nSPS) is 12.2. The Bertz CT molecular complexity index is 393. The molecule has 106 valence electrons. The van der Waals surface area contributed by atoms with Crippen LogP contribution >= 0.6 is 0 Å². The van der Waals surface area contributed by atoms with Gasteiger partial charge in [-0.05, 0) is 31.0 Å². The second-order valence-electron chi connectivity index (χ2n) is 4.59. The molecule has 0 fully saturated rings. The quantitative estimate of drug-likeness (QED) is 0.710. The summed E-state index contributed by atoms with van der Waals surface area (Å²) in [6.45, 7) is 8.08. The third kappa shape index (κ3) is 6.36. The highest BCUT2D eigenvalue weighted by molar-refractivity contribution is 5.88. The number of hydrogen-bond acceptors (Lipinski definition) is 3. The van der Waals surface area contributed by atoms with E-state index in [4.69, 9.17) is 4.74 Å². The molecular weight excluding hydrogens is 240 g/mol. The van der Waals surface area contributed by atoms with Crippen molar-refractivity contribution in [3.63, 3.8) is 0 Å². The molecule has 1 rings (SSSR count). The number of carbonyl (C=O) groups is 1. The second kappa shape index (κ2) is 8.67. The van der Waals surface area contributed by atoms with Gasteiger partial charge >= 0.3 is 0 Å². The van der Waals surface area contributed by atoms with Crippen LogP contribution in [0.15, 0.2) is 24.3 Å². The minimum Gasteiger partial charge on any atom is -0.380 e. The van der Waals surface area contributed by atoms with Crippen molar-refractivity contribution in [3.8, 4) is 0 Å². The van der Waals surface area contributed by atoms with E-state index in [1.165, 1.54) is 6.92 Å². The van der Waals surface area contributed by atoms with E-state index in [1.54, 1.807) is 0 Å². The zero-order chi connectivity index (χ0) is 14.1. The molecule has 4 heteroatoms. The lowest BCUT2D eigenvalue weighted by Gasteiger charge is -2.15. The van der Waals surface area contributed by atoms with Crippen LogP contribution in [0.4, 0.5) is 5.69 Å².